The van der Waals surface area contributed by atoms with E-state index in [2.05, 4.69) is 0 Å². The lowest BCUT2D eigenvalue weighted by atomic mass is 9.82. The van der Waals surface area contributed by atoms with Crippen molar-refractivity contribution in [2.45, 2.75) is 63.4 Å². The first-order valence-electron chi connectivity index (χ1n) is 8.60. The van der Waals surface area contributed by atoms with Crippen LogP contribution in [0.4, 0.5) is 0 Å². The van der Waals surface area contributed by atoms with E-state index >= 15 is 0 Å². The molecule has 0 unspecified atom stereocenters. The molecule has 5 nitrogen and oxygen atoms in total. The predicted molar refractivity (Wildman–Crippen MR) is 85.3 cm³/mol. The van der Waals surface area contributed by atoms with Crippen molar-refractivity contribution >= 4 is 11.8 Å². The van der Waals surface area contributed by atoms with Crippen LogP contribution in [0.15, 0.2) is 0 Å². The fourth-order valence-electron chi connectivity index (χ4n) is 3.60. The van der Waals surface area contributed by atoms with Crippen LogP contribution in [-0.4, -0.2) is 59.5 Å². The third-order valence-corrected chi connectivity index (χ3v) is 5.19. The molecule has 126 valence electrons. The van der Waals surface area contributed by atoms with Gasteiger partial charge < -0.3 is 14.9 Å². The SMILES string of the molecule is CN(C)C(=O)CC1CCN(C(=O)CC2(O)CCCCC2)CC1. The van der Waals surface area contributed by atoms with Crippen molar-refractivity contribution < 1.29 is 14.7 Å². The summed E-state index contributed by atoms with van der Waals surface area (Å²) in [5.74, 6) is 0.639. The lowest BCUT2D eigenvalue weighted by Crippen LogP contribution is -2.44. The van der Waals surface area contributed by atoms with Gasteiger partial charge in [-0.3, -0.25) is 9.59 Å². The predicted octanol–water partition coefficient (Wildman–Crippen LogP) is 1.79. The molecule has 0 radical (unpaired) electrons. The third kappa shape index (κ3) is 4.70. The molecule has 1 aliphatic heterocycles. The van der Waals surface area contributed by atoms with Crippen LogP contribution in [0.2, 0.25) is 0 Å². The molecule has 5 heteroatoms. The summed E-state index contributed by atoms with van der Waals surface area (Å²) in [6.45, 7) is 1.45. The highest BCUT2D eigenvalue weighted by molar-refractivity contribution is 5.78. The van der Waals surface area contributed by atoms with Crippen LogP contribution in [0, 0.1) is 5.92 Å². The van der Waals surface area contributed by atoms with Gasteiger partial charge in [-0.1, -0.05) is 19.3 Å². The zero-order chi connectivity index (χ0) is 16.2. The second-order valence-electron chi connectivity index (χ2n) is 7.28. The minimum atomic E-state index is -0.771. The number of aliphatic hydroxyl groups is 1. The Kier molecular flexibility index (Phi) is 5.84. The molecule has 1 heterocycles. The summed E-state index contributed by atoms with van der Waals surface area (Å²) >= 11 is 0. The molecule has 0 atom stereocenters. The molecule has 22 heavy (non-hydrogen) atoms. The number of hydrogen-bond acceptors (Lipinski definition) is 3. The number of rotatable bonds is 4. The van der Waals surface area contributed by atoms with E-state index in [1.165, 1.54) is 6.42 Å². The van der Waals surface area contributed by atoms with Crippen molar-refractivity contribution in [1.29, 1.82) is 0 Å². The zero-order valence-corrected chi connectivity index (χ0v) is 14.0. The summed E-state index contributed by atoms with van der Waals surface area (Å²) in [6.07, 6.45) is 7.37. The quantitative estimate of drug-likeness (QED) is 0.861. The molecule has 0 aromatic carbocycles. The molecule has 1 N–H and O–H groups in total. The fourth-order valence-corrected chi connectivity index (χ4v) is 3.60. The van der Waals surface area contributed by atoms with Gasteiger partial charge in [0.25, 0.3) is 0 Å². The summed E-state index contributed by atoms with van der Waals surface area (Å²) in [6, 6.07) is 0. The Morgan fingerprint density at radius 2 is 1.73 bits per heavy atom. The highest BCUT2D eigenvalue weighted by Gasteiger charge is 2.34. The molecular weight excluding hydrogens is 280 g/mol. The maximum atomic E-state index is 12.4. The Bertz CT molecular complexity index is 395. The van der Waals surface area contributed by atoms with Gasteiger partial charge in [0.05, 0.1) is 12.0 Å². The molecule has 2 fully saturated rings. The lowest BCUT2D eigenvalue weighted by molar-refractivity contribution is -0.139. The van der Waals surface area contributed by atoms with Crippen LogP contribution in [0.1, 0.15) is 57.8 Å². The highest BCUT2D eigenvalue weighted by Crippen LogP contribution is 2.32. The van der Waals surface area contributed by atoms with Gasteiger partial charge in [-0.2, -0.15) is 0 Å². The van der Waals surface area contributed by atoms with Gasteiger partial charge in [0, 0.05) is 33.6 Å². The van der Waals surface area contributed by atoms with Gasteiger partial charge >= 0.3 is 0 Å². The van der Waals surface area contributed by atoms with Crippen LogP contribution < -0.4 is 0 Å². The second kappa shape index (κ2) is 7.44. The smallest absolute Gasteiger partial charge is 0.225 e. The Morgan fingerprint density at radius 3 is 2.27 bits per heavy atom. The first kappa shape index (κ1) is 17.3. The molecule has 2 aliphatic rings. The molecule has 2 rings (SSSR count). The first-order valence-corrected chi connectivity index (χ1v) is 8.60. The van der Waals surface area contributed by atoms with Gasteiger partial charge in [0.2, 0.25) is 11.8 Å². The number of piperidine rings is 1. The van der Waals surface area contributed by atoms with Crippen LogP contribution in [-0.2, 0) is 9.59 Å². The zero-order valence-electron chi connectivity index (χ0n) is 14.0. The number of nitrogens with zero attached hydrogens (tertiary/aromatic N) is 2. The van der Waals surface area contributed by atoms with Crippen molar-refractivity contribution in [3.63, 3.8) is 0 Å². The summed E-state index contributed by atoms with van der Waals surface area (Å²) in [5.41, 5.74) is -0.771. The maximum Gasteiger partial charge on any atom is 0.225 e. The largest absolute Gasteiger partial charge is 0.389 e. The molecule has 1 aliphatic carbocycles. The Morgan fingerprint density at radius 1 is 1.14 bits per heavy atom. The Balaban J connectivity index is 1.76. The lowest BCUT2D eigenvalue weighted by Gasteiger charge is -2.36. The summed E-state index contributed by atoms with van der Waals surface area (Å²) in [4.78, 5) is 27.7. The number of hydrogen-bond donors (Lipinski definition) is 1. The number of carbonyl (C=O) groups excluding carboxylic acids is 2. The van der Waals surface area contributed by atoms with Crippen LogP contribution >= 0.6 is 0 Å². The van der Waals surface area contributed by atoms with E-state index in [0.717, 1.165) is 51.6 Å². The van der Waals surface area contributed by atoms with E-state index in [-0.39, 0.29) is 18.2 Å². The standard InChI is InChI=1S/C17H30N2O3/c1-18(2)15(20)12-14-6-10-19(11-7-14)16(21)13-17(22)8-4-3-5-9-17/h14,22H,3-13H2,1-2H3. The van der Waals surface area contributed by atoms with Gasteiger partial charge in [-0.05, 0) is 31.6 Å². The molecule has 0 spiro atoms. The van der Waals surface area contributed by atoms with E-state index in [0.29, 0.717) is 12.3 Å². The molecule has 1 saturated heterocycles. The van der Waals surface area contributed by atoms with Crippen molar-refractivity contribution in [2.24, 2.45) is 5.92 Å². The summed E-state index contributed by atoms with van der Waals surface area (Å²) < 4.78 is 0. The topological polar surface area (TPSA) is 60.9 Å². The van der Waals surface area contributed by atoms with E-state index in [1.54, 1.807) is 19.0 Å². The second-order valence-corrected chi connectivity index (χ2v) is 7.28. The highest BCUT2D eigenvalue weighted by atomic mass is 16.3. The van der Waals surface area contributed by atoms with E-state index in [1.807, 2.05) is 4.90 Å². The molecule has 1 saturated carbocycles. The molecule has 0 bridgehead atoms. The van der Waals surface area contributed by atoms with Gasteiger partial charge in [-0.25, -0.2) is 0 Å². The molecule has 2 amide bonds. The van der Waals surface area contributed by atoms with Crippen molar-refractivity contribution in [3.8, 4) is 0 Å². The number of likely N-dealkylation sites (tertiary alicyclic amines) is 1. The van der Waals surface area contributed by atoms with Crippen LogP contribution in [0.25, 0.3) is 0 Å². The molecule has 0 aromatic rings. The Labute approximate surface area is 133 Å². The van der Waals surface area contributed by atoms with Crippen molar-refractivity contribution in [1.82, 2.24) is 9.80 Å². The minimum absolute atomic E-state index is 0.0850. The molecule has 0 aromatic heterocycles. The summed E-state index contributed by atoms with van der Waals surface area (Å²) in [5, 5.41) is 10.5. The van der Waals surface area contributed by atoms with Crippen molar-refractivity contribution in [2.75, 3.05) is 27.2 Å². The maximum absolute atomic E-state index is 12.4. The monoisotopic (exact) mass is 310 g/mol. The number of amides is 2. The number of carbonyl (C=O) groups is 2. The van der Waals surface area contributed by atoms with Crippen LogP contribution in [0.5, 0.6) is 0 Å². The van der Waals surface area contributed by atoms with E-state index in [9.17, 15) is 14.7 Å². The van der Waals surface area contributed by atoms with Gasteiger partial charge in [-0.15, -0.1) is 0 Å². The Hall–Kier alpha value is -1.10. The fraction of sp³-hybridized carbons (Fsp3) is 0.882. The summed E-state index contributed by atoms with van der Waals surface area (Å²) in [7, 11) is 3.57. The van der Waals surface area contributed by atoms with Gasteiger partial charge in [0.1, 0.15) is 0 Å². The van der Waals surface area contributed by atoms with Gasteiger partial charge in [0.15, 0.2) is 0 Å². The minimum Gasteiger partial charge on any atom is -0.389 e. The average Bonchev–Trinajstić information content (AvgIpc) is 2.48. The normalized spacial score (nSPS) is 22.4. The van der Waals surface area contributed by atoms with Crippen molar-refractivity contribution in [3.05, 3.63) is 0 Å². The average molecular weight is 310 g/mol. The van der Waals surface area contributed by atoms with E-state index in [4.69, 9.17) is 0 Å². The first-order chi connectivity index (χ1) is 10.4. The third-order valence-electron chi connectivity index (χ3n) is 5.19. The molecular formula is C17H30N2O3. The van der Waals surface area contributed by atoms with E-state index < -0.39 is 5.60 Å². The van der Waals surface area contributed by atoms with Crippen LogP contribution in [0.3, 0.4) is 0 Å².